The number of hydrogen-bond acceptors (Lipinski definition) is 3. The van der Waals surface area contributed by atoms with Crippen LogP contribution in [0.4, 0.5) is 0 Å². The molecule has 1 aliphatic rings. The average Bonchev–Trinajstić information content (AvgIpc) is 2.85. The van der Waals surface area contributed by atoms with Crippen molar-refractivity contribution in [2.24, 2.45) is 0 Å². The molecule has 1 aromatic heterocycles. The Morgan fingerprint density at radius 3 is 2.62 bits per heavy atom. The summed E-state index contributed by atoms with van der Waals surface area (Å²) < 4.78 is 5.96. The molecule has 0 saturated carbocycles. The Kier molecular flexibility index (Phi) is 2.18. The van der Waals surface area contributed by atoms with Crippen molar-refractivity contribution in [3.05, 3.63) is 64.9 Å². The number of aromatic hydroxyl groups is 1. The lowest BCUT2D eigenvalue weighted by molar-refractivity contribution is 0.102. The van der Waals surface area contributed by atoms with Gasteiger partial charge in [-0.2, -0.15) is 0 Å². The molecular formula is C18H14O3. The molecule has 0 unspecified atom stereocenters. The van der Waals surface area contributed by atoms with Crippen molar-refractivity contribution in [2.45, 2.75) is 19.3 Å². The molecule has 2 aromatic carbocycles. The van der Waals surface area contributed by atoms with Gasteiger partial charge in [0, 0.05) is 16.5 Å². The van der Waals surface area contributed by atoms with Crippen molar-refractivity contribution < 1.29 is 14.3 Å². The lowest BCUT2D eigenvalue weighted by atomic mass is 9.71. The smallest absolute Gasteiger partial charge is 0.197 e. The highest BCUT2D eigenvalue weighted by Crippen LogP contribution is 2.47. The first kappa shape index (κ1) is 12.2. The summed E-state index contributed by atoms with van der Waals surface area (Å²) in [4.78, 5) is 12.9. The van der Waals surface area contributed by atoms with E-state index in [1.807, 2.05) is 38.1 Å². The van der Waals surface area contributed by atoms with Crippen LogP contribution >= 0.6 is 0 Å². The van der Waals surface area contributed by atoms with Gasteiger partial charge in [-0.3, -0.25) is 4.79 Å². The summed E-state index contributed by atoms with van der Waals surface area (Å²) in [5, 5.41) is 11.0. The summed E-state index contributed by atoms with van der Waals surface area (Å²) in [6.07, 6.45) is 0. The van der Waals surface area contributed by atoms with Gasteiger partial charge in [-0.05, 0) is 26.0 Å². The Morgan fingerprint density at radius 2 is 1.81 bits per heavy atom. The van der Waals surface area contributed by atoms with Crippen LogP contribution < -0.4 is 0 Å². The van der Waals surface area contributed by atoms with Gasteiger partial charge in [0.2, 0.25) is 0 Å². The third-order valence-corrected chi connectivity index (χ3v) is 4.30. The number of fused-ring (bicyclic) bond motifs is 4. The van der Waals surface area contributed by atoms with Gasteiger partial charge < -0.3 is 9.52 Å². The van der Waals surface area contributed by atoms with Crippen LogP contribution in [0.5, 0.6) is 5.75 Å². The summed E-state index contributed by atoms with van der Waals surface area (Å²) in [5.74, 6) is 0.680. The topological polar surface area (TPSA) is 50.4 Å². The number of para-hydroxylation sites is 1. The Morgan fingerprint density at radius 1 is 1.05 bits per heavy atom. The van der Waals surface area contributed by atoms with Crippen LogP contribution in [0.1, 0.15) is 41.1 Å². The third-order valence-electron chi connectivity index (χ3n) is 4.30. The van der Waals surface area contributed by atoms with E-state index in [-0.39, 0.29) is 11.5 Å². The number of phenolic OH excluding ortho intramolecular Hbond substituents is 1. The molecule has 0 aliphatic heterocycles. The van der Waals surface area contributed by atoms with Crippen LogP contribution in [0.3, 0.4) is 0 Å². The molecule has 1 aliphatic carbocycles. The molecule has 0 saturated heterocycles. The lowest BCUT2D eigenvalue weighted by Crippen LogP contribution is -2.29. The van der Waals surface area contributed by atoms with Crippen molar-refractivity contribution in [2.75, 3.05) is 0 Å². The number of hydrogen-bond donors (Lipinski definition) is 1. The largest absolute Gasteiger partial charge is 0.508 e. The van der Waals surface area contributed by atoms with Crippen molar-refractivity contribution in [3.63, 3.8) is 0 Å². The van der Waals surface area contributed by atoms with Crippen LogP contribution in [0.25, 0.3) is 11.0 Å². The predicted molar refractivity (Wildman–Crippen MR) is 79.9 cm³/mol. The highest BCUT2D eigenvalue weighted by Gasteiger charge is 2.43. The van der Waals surface area contributed by atoms with E-state index in [1.165, 1.54) is 0 Å². The van der Waals surface area contributed by atoms with Gasteiger partial charge >= 0.3 is 0 Å². The second kappa shape index (κ2) is 3.76. The van der Waals surface area contributed by atoms with Crippen LogP contribution in [-0.2, 0) is 5.41 Å². The number of rotatable bonds is 0. The van der Waals surface area contributed by atoms with E-state index in [2.05, 4.69) is 0 Å². The first-order valence-electron chi connectivity index (χ1n) is 6.91. The number of phenols is 1. The standard InChI is InChI=1S/C18H14O3/c1-18(2)15-11(7-5-8-12(15)19)16(20)14-10-6-3-4-9-13(10)21-17(14)18/h3-9,19H,1-2H3. The minimum absolute atomic E-state index is 0.0832. The first-order valence-corrected chi connectivity index (χ1v) is 6.91. The van der Waals surface area contributed by atoms with E-state index in [9.17, 15) is 9.90 Å². The van der Waals surface area contributed by atoms with E-state index in [0.717, 1.165) is 5.39 Å². The maximum absolute atomic E-state index is 12.9. The molecule has 104 valence electrons. The van der Waals surface area contributed by atoms with Gasteiger partial charge in [0.25, 0.3) is 0 Å². The summed E-state index contributed by atoms with van der Waals surface area (Å²) in [5.41, 5.74) is 1.97. The zero-order valence-corrected chi connectivity index (χ0v) is 11.8. The normalized spacial score (nSPS) is 15.8. The molecule has 0 amide bonds. The molecular weight excluding hydrogens is 264 g/mol. The van der Waals surface area contributed by atoms with Crippen molar-refractivity contribution >= 4 is 16.8 Å². The molecule has 1 heterocycles. The van der Waals surface area contributed by atoms with Crippen molar-refractivity contribution in [1.82, 2.24) is 0 Å². The SMILES string of the molecule is CC1(C)c2oc3ccccc3c2C(=O)c2cccc(O)c21. The molecule has 0 bridgehead atoms. The van der Waals surface area contributed by atoms with E-state index >= 15 is 0 Å². The number of benzene rings is 2. The number of carbonyl (C=O) groups excluding carboxylic acids is 1. The van der Waals surface area contributed by atoms with Gasteiger partial charge in [0.15, 0.2) is 5.78 Å². The van der Waals surface area contributed by atoms with Crippen molar-refractivity contribution in [3.8, 4) is 5.75 Å². The molecule has 3 heteroatoms. The zero-order chi connectivity index (χ0) is 14.8. The minimum atomic E-state index is -0.553. The fourth-order valence-corrected chi connectivity index (χ4v) is 3.35. The van der Waals surface area contributed by atoms with E-state index < -0.39 is 5.41 Å². The fraction of sp³-hybridized carbons (Fsp3) is 0.167. The van der Waals surface area contributed by atoms with E-state index in [4.69, 9.17) is 4.42 Å². The van der Waals surface area contributed by atoms with Crippen molar-refractivity contribution in [1.29, 1.82) is 0 Å². The van der Waals surface area contributed by atoms with Gasteiger partial charge in [0.1, 0.15) is 17.1 Å². The van der Waals surface area contributed by atoms with Crippen LogP contribution in [0.2, 0.25) is 0 Å². The Bertz CT molecular complexity index is 900. The van der Waals surface area contributed by atoms with Gasteiger partial charge in [-0.1, -0.05) is 30.3 Å². The summed E-state index contributed by atoms with van der Waals surface area (Å²) in [6, 6.07) is 12.6. The van der Waals surface area contributed by atoms with Gasteiger partial charge in [-0.15, -0.1) is 0 Å². The zero-order valence-electron chi connectivity index (χ0n) is 11.8. The second-order valence-electron chi connectivity index (χ2n) is 5.96. The van der Waals surface area contributed by atoms with Crippen LogP contribution in [0.15, 0.2) is 46.9 Å². The third kappa shape index (κ3) is 1.40. The summed E-state index contributed by atoms with van der Waals surface area (Å²) in [7, 11) is 0. The minimum Gasteiger partial charge on any atom is -0.508 e. The Labute approximate surface area is 121 Å². The van der Waals surface area contributed by atoms with Crippen LogP contribution in [0, 0.1) is 0 Å². The predicted octanol–water partition coefficient (Wildman–Crippen LogP) is 4.01. The number of furan rings is 1. The number of ketones is 1. The Balaban J connectivity index is 2.17. The second-order valence-corrected chi connectivity index (χ2v) is 5.96. The summed E-state index contributed by atoms with van der Waals surface area (Å²) >= 11 is 0. The molecule has 1 N–H and O–H groups in total. The maximum Gasteiger partial charge on any atom is 0.197 e. The van der Waals surface area contributed by atoms with Crippen LogP contribution in [-0.4, -0.2) is 10.9 Å². The molecule has 0 radical (unpaired) electrons. The highest BCUT2D eigenvalue weighted by molar-refractivity contribution is 6.19. The molecule has 3 aromatic rings. The Hall–Kier alpha value is -2.55. The van der Waals surface area contributed by atoms with Gasteiger partial charge in [-0.25, -0.2) is 0 Å². The quantitative estimate of drug-likeness (QED) is 0.676. The monoisotopic (exact) mass is 278 g/mol. The molecule has 0 fully saturated rings. The first-order chi connectivity index (χ1) is 10.0. The highest BCUT2D eigenvalue weighted by atomic mass is 16.3. The molecule has 0 spiro atoms. The van der Waals surface area contributed by atoms with E-state index in [1.54, 1.807) is 18.2 Å². The summed E-state index contributed by atoms with van der Waals surface area (Å²) in [6.45, 7) is 3.94. The fourth-order valence-electron chi connectivity index (χ4n) is 3.35. The average molecular weight is 278 g/mol. The molecule has 3 nitrogen and oxygen atoms in total. The maximum atomic E-state index is 12.9. The molecule has 21 heavy (non-hydrogen) atoms. The number of carbonyl (C=O) groups is 1. The molecule has 0 atom stereocenters. The molecule has 4 rings (SSSR count). The lowest BCUT2D eigenvalue weighted by Gasteiger charge is -2.30. The van der Waals surface area contributed by atoms with E-state index in [0.29, 0.717) is 28.0 Å². The van der Waals surface area contributed by atoms with Gasteiger partial charge in [0.05, 0.1) is 11.0 Å².